The van der Waals surface area contributed by atoms with Crippen LogP contribution in [0.15, 0.2) is 185 Å². The van der Waals surface area contributed by atoms with Gasteiger partial charge in [0.2, 0.25) is 0 Å². The normalized spacial score (nSPS) is 18.5. The highest BCUT2D eigenvalue weighted by atomic mass is 32.1. The van der Waals surface area contributed by atoms with Crippen LogP contribution in [0.1, 0.15) is 177 Å². The predicted octanol–water partition coefficient (Wildman–Crippen LogP) is 15.0. The molecule has 1 atom stereocenters. The largest absolute Gasteiger partial charge is 0.497 e. The van der Waals surface area contributed by atoms with Crippen molar-refractivity contribution in [2.75, 3.05) is 181 Å². The topological polar surface area (TPSA) is 398 Å². The number of pyridine rings is 4. The maximum Gasteiger partial charge on any atom is 0.332 e. The van der Waals surface area contributed by atoms with Gasteiger partial charge in [-0.1, -0.05) is 72.2 Å². The summed E-state index contributed by atoms with van der Waals surface area (Å²) in [6.45, 7) is 17.8. The molecular formula is C103H119N25O10S4. The molecule has 11 aliphatic heterocycles. The molecule has 7 amide bonds. The van der Waals surface area contributed by atoms with Crippen molar-refractivity contribution in [1.29, 1.82) is 0 Å². The molecule has 8 saturated heterocycles. The number of aromatic nitrogens is 10. The number of rotatable bonds is 18. The first-order valence-electron chi connectivity index (χ1n) is 46.6. The first-order chi connectivity index (χ1) is 67.3. The summed E-state index contributed by atoms with van der Waals surface area (Å²) in [7, 11) is 3.15. The van der Waals surface area contributed by atoms with Crippen LogP contribution in [0.3, 0.4) is 0 Å². The molecule has 142 heavy (non-hydrogen) atoms. The molecule has 740 valence electrons. The SMILES string of the molecule is C.C.C.C.COc1ccc2c(c1)C(=O)N(c1nc(C(=O)Nc3cnccc3N3CCC4(CC3)CNC4)cs1)C2.COc1ccc2c(c1)C(=O)N(c1nc(C(=O)Nc3cnccc3N3CCCC4(CCNC4)C3)cs1)C2.O=C(Nc1cnccc1N1CCC2(CC1)CNC2)c1csc(-n2c(=O)[nH]c3ccccc32)n1.O=C(Nc1cnccc1N1CCC2(CC1)CNC2)c1csc(N2CCc3ccccc3C2=O)n1. The number of carbonyl (C=O) groups excluding carboxylic acids is 7. The van der Waals surface area contributed by atoms with Crippen molar-refractivity contribution in [3.05, 3.63) is 247 Å². The van der Waals surface area contributed by atoms with Gasteiger partial charge in [-0.05, 0) is 170 Å². The van der Waals surface area contributed by atoms with Crippen molar-refractivity contribution in [3.63, 3.8) is 0 Å². The summed E-state index contributed by atoms with van der Waals surface area (Å²) < 4.78 is 12.0. The molecule has 13 aromatic rings. The number of H-pyrrole nitrogens is 1. The van der Waals surface area contributed by atoms with Gasteiger partial charge in [-0.2, -0.15) is 0 Å². The number of ether oxygens (including phenoxy) is 2. The number of piperidine rings is 4. The third-order valence-corrected chi connectivity index (χ3v) is 32.1. The lowest BCUT2D eigenvalue weighted by Gasteiger charge is -2.49. The molecule has 0 aliphatic carbocycles. The summed E-state index contributed by atoms with van der Waals surface area (Å²) >= 11 is 5.14. The monoisotopic (exact) mass is 1990 g/mol. The molecule has 8 fully saturated rings. The fraction of sp³-hybridized carbons (Fsp3) is 0.379. The molecule has 11 aliphatic rings. The van der Waals surface area contributed by atoms with Crippen LogP contribution in [0, 0.1) is 21.7 Å². The third kappa shape index (κ3) is 20.3. The van der Waals surface area contributed by atoms with Gasteiger partial charge in [-0.3, -0.25) is 68.2 Å². The van der Waals surface area contributed by atoms with E-state index in [0.29, 0.717) is 118 Å². The van der Waals surface area contributed by atoms with Gasteiger partial charge in [0.25, 0.3) is 41.4 Å². The molecule has 9 aromatic heterocycles. The smallest absolute Gasteiger partial charge is 0.332 e. The van der Waals surface area contributed by atoms with E-state index in [4.69, 9.17) is 9.47 Å². The number of carbonyl (C=O) groups is 7. The molecule has 4 aromatic carbocycles. The number of methoxy groups -OCH3 is 2. The Bertz CT molecular complexity index is 6860. The van der Waals surface area contributed by atoms with E-state index in [1.165, 1.54) is 62.8 Å². The lowest BCUT2D eigenvalue weighted by atomic mass is 9.73. The minimum absolute atomic E-state index is 0. The van der Waals surface area contributed by atoms with E-state index in [9.17, 15) is 38.4 Å². The number of imidazole rings is 1. The number of nitrogens with zero attached hydrogens (tertiary/aromatic N) is 16. The van der Waals surface area contributed by atoms with Crippen molar-refractivity contribution in [2.24, 2.45) is 21.7 Å². The first kappa shape index (κ1) is 99.8. The van der Waals surface area contributed by atoms with Crippen LogP contribution < -0.4 is 92.0 Å². The Balaban J connectivity index is 0.000000129. The van der Waals surface area contributed by atoms with Gasteiger partial charge in [0.15, 0.2) is 20.5 Å². The lowest BCUT2D eigenvalue weighted by Crippen LogP contribution is -2.58. The van der Waals surface area contributed by atoms with Crippen LogP contribution in [0.25, 0.3) is 16.2 Å². The van der Waals surface area contributed by atoms with E-state index >= 15 is 0 Å². The number of amides is 7. The average molecular weight is 2000 g/mol. The Morgan fingerprint density at radius 1 is 0.380 bits per heavy atom. The molecule has 4 spiro atoms. The number of fused-ring (bicyclic) bond motifs is 4. The number of thiazole rings is 4. The van der Waals surface area contributed by atoms with Gasteiger partial charge in [0.1, 0.15) is 34.3 Å². The highest BCUT2D eigenvalue weighted by molar-refractivity contribution is 7.15. The van der Waals surface area contributed by atoms with E-state index in [1.54, 1.807) is 112 Å². The summed E-state index contributed by atoms with van der Waals surface area (Å²) in [6, 6.07) is 33.8. The number of para-hydroxylation sites is 2. The van der Waals surface area contributed by atoms with E-state index in [-0.39, 0.29) is 93.8 Å². The van der Waals surface area contributed by atoms with Crippen molar-refractivity contribution in [1.82, 2.24) is 70.7 Å². The zero-order valence-corrected chi connectivity index (χ0v) is 79.5. The van der Waals surface area contributed by atoms with Crippen LogP contribution in [-0.2, 0) is 19.5 Å². The summed E-state index contributed by atoms with van der Waals surface area (Å²) in [5.41, 5.74) is 15.4. The number of anilines is 11. The van der Waals surface area contributed by atoms with Crippen LogP contribution in [0.2, 0.25) is 0 Å². The Morgan fingerprint density at radius 3 is 1.17 bits per heavy atom. The predicted molar refractivity (Wildman–Crippen MR) is 562 cm³/mol. The number of benzene rings is 4. The summed E-state index contributed by atoms with van der Waals surface area (Å²) in [4.78, 5) is 156. The van der Waals surface area contributed by atoms with Crippen molar-refractivity contribution < 1.29 is 43.0 Å². The summed E-state index contributed by atoms with van der Waals surface area (Å²) in [5.74, 6) is -0.315. The number of aromatic amines is 1. The second kappa shape index (κ2) is 42.5. The van der Waals surface area contributed by atoms with E-state index in [1.807, 2.05) is 97.1 Å². The minimum Gasteiger partial charge on any atom is -0.497 e. The average Bonchev–Trinajstić information content (AvgIpc) is 1.64. The molecule has 35 nitrogen and oxygen atoms in total. The zero-order valence-electron chi connectivity index (χ0n) is 76.2. The van der Waals surface area contributed by atoms with Gasteiger partial charge in [-0.25, -0.2) is 29.3 Å². The Kier molecular flexibility index (Phi) is 29.9. The van der Waals surface area contributed by atoms with Crippen molar-refractivity contribution in [3.8, 4) is 16.6 Å². The van der Waals surface area contributed by atoms with Gasteiger partial charge in [0, 0.05) is 173 Å². The van der Waals surface area contributed by atoms with Crippen molar-refractivity contribution in [2.45, 2.75) is 107 Å². The Hall–Kier alpha value is -13.8. The summed E-state index contributed by atoms with van der Waals surface area (Å²) in [5, 5.41) is 34.4. The zero-order chi connectivity index (χ0) is 94.2. The maximum atomic E-state index is 13.2. The molecule has 0 radical (unpaired) electrons. The molecule has 39 heteroatoms. The fourth-order valence-electron chi connectivity index (χ4n) is 20.4. The summed E-state index contributed by atoms with van der Waals surface area (Å²) in [6.07, 6.45) is 25.0. The fourth-order valence-corrected chi connectivity index (χ4v) is 23.7. The molecule has 0 bridgehead atoms. The molecular weight excluding hydrogens is 1880 g/mol. The lowest BCUT2D eigenvalue weighted by molar-refractivity contribution is 0.0974. The maximum absolute atomic E-state index is 13.2. The minimum atomic E-state index is -0.323. The van der Waals surface area contributed by atoms with Gasteiger partial charge >= 0.3 is 5.69 Å². The standard InChI is InChI=1S/C26H28N6O3S.C25H26N6O3S.C25H26N6O2S.C23H23N7O2S.4CH4/c1-35-18-4-3-17-13-32(24(34)19(17)11-18)25-30-21(14-36-25)23(33)29-20-12-27-8-5-22(20)31-10-2-6-26(16-31)7-9-28-15-26;1-34-17-3-2-16-12-31(23(33)18(16)10-17)24-29-20(13-35-24)22(32)28-19-11-26-7-4-21(19)30-8-5-25(6-9-30)14-27-15-25;32-22(20-14-34-24(29-20)31-10-6-17-3-1-2-4-18(17)23(31)33)28-19-13-26-9-5-21(19)30-11-7-25(8-12-30)15-27-16-25;31-20(17-12-33-22(28-17)30-19-4-2-1-3-15(19)27-21(30)32)26-16-11-24-8-5-18(16)29-9-6-23(7-10-29)13-25-14-23;;;;/h3-5,8,11-12,14,28H,2,6-7,9-10,13,15-16H2,1H3,(H,29,33);2-4,7,10-11,13,27H,5-6,8-9,12,14-15H2,1H3,(H,28,32);1-5,9,13-14,27H,6-8,10-12,15-16H2,(H,28,32);1-5,8,11-12,25H,6-7,9-10,13-14H2,(H,26,31)(H,27,32);4*1H4. The highest BCUT2D eigenvalue weighted by Gasteiger charge is 2.45. The van der Waals surface area contributed by atoms with Gasteiger partial charge < -0.3 is 76.6 Å². The van der Waals surface area contributed by atoms with E-state index in [0.717, 1.165) is 207 Å². The number of hydrogen-bond acceptors (Lipinski definition) is 30. The van der Waals surface area contributed by atoms with Crippen LogP contribution in [-0.4, -0.2) is 216 Å². The molecule has 0 saturated carbocycles. The highest BCUT2D eigenvalue weighted by Crippen LogP contribution is 2.45. The van der Waals surface area contributed by atoms with Gasteiger partial charge in [-0.15, -0.1) is 45.3 Å². The van der Waals surface area contributed by atoms with Crippen LogP contribution in [0.4, 0.5) is 60.9 Å². The van der Waals surface area contributed by atoms with E-state index < -0.39 is 0 Å². The quantitative estimate of drug-likeness (QED) is 0.0385. The van der Waals surface area contributed by atoms with Crippen LogP contribution >= 0.6 is 45.3 Å². The third-order valence-electron chi connectivity index (χ3n) is 28.7. The van der Waals surface area contributed by atoms with Crippen LogP contribution in [0.5, 0.6) is 11.5 Å². The molecule has 1 unspecified atom stereocenters. The molecule has 20 heterocycles. The second-order valence-corrected chi connectivity index (χ2v) is 40.5. The van der Waals surface area contributed by atoms with E-state index in [2.05, 4.69) is 107 Å². The molecule has 9 N–H and O–H groups in total. The molecule has 24 rings (SSSR count). The second-order valence-electron chi connectivity index (χ2n) is 37.1. The van der Waals surface area contributed by atoms with Gasteiger partial charge in [0.05, 0.1) is 109 Å². The first-order valence-corrected chi connectivity index (χ1v) is 50.1. The number of hydrogen-bond donors (Lipinski definition) is 9. The number of nitrogens with one attached hydrogen (secondary N) is 9. The Morgan fingerprint density at radius 2 is 0.761 bits per heavy atom. The van der Waals surface area contributed by atoms with Crippen molar-refractivity contribution >= 4 is 159 Å². The Labute approximate surface area is 840 Å².